The molecule has 0 radical (unpaired) electrons. The number of carbonyl (C=O) groups excluding carboxylic acids is 1. The minimum Gasteiger partial charge on any atom is -0.422 e. The van der Waals surface area contributed by atoms with E-state index in [9.17, 15) is 9.90 Å². The normalized spacial score (nSPS) is 28.1. The van der Waals surface area contributed by atoms with Gasteiger partial charge in [0.05, 0.1) is 18.8 Å². The number of hydrogen-bond donors (Lipinski definition) is 1. The summed E-state index contributed by atoms with van der Waals surface area (Å²) in [4.78, 5) is 26.4. The van der Waals surface area contributed by atoms with Gasteiger partial charge in [0.25, 0.3) is 6.01 Å². The maximum Gasteiger partial charge on any atom is 0.299 e. The van der Waals surface area contributed by atoms with Gasteiger partial charge in [-0.1, -0.05) is 0 Å². The first-order valence-electron chi connectivity index (χ1n) is 10.6. The summed E-state index contributed by atoms with van der Waals surface area (Å²) in [6.45, 7) is 4.87. The Hall–Kier alpha value is -2.19. The molecule has 2 aliphatic heterocycles. The third kappa shape index (κ3) is 3.48. The summed E-state index contributed by atoms with van der Waals surface area (Å²) in [5.41, 5.74) is 2.25. The molecule has 2 aromatic heterocycles. The van der Waals surface area contributed by atoms with Crippen LogP contribution in [0, 0.1) is 18.8 Å². The number of anilines is 1. The number of hydrogen-bond acceptors (Lipinski definition) is 7. The zero-order valence-corrected chi connectivity index (χ0v) is 16.8. The van der Waals surface area contributed by atoms with Crippen LogP contribution < -0.4 is 4.90 Å². The molecule has 0 aromatic carbocycles. The smallest absolute Gasteiger partial charge is 0.299 e. The molecule has 0 spiro atoms. The van der Waals surface area contributed by atoms with E-state index in [2.05, 4.69) is 14.9 Å². The Morgan fingerprint density at radius 3 is 2.83 bits per heavy atom. The van der Waals surface area contributed by atoms with Crippen LogP contribution in [0.15, 0.2) is 16.5 Å². The molecular formula is C21H28N4O4. The van der Waals surface area contributed by atoms with Crippen molar-refractivity contribution in [1.29, 1.82) is 0 Å². The highest BCUT2D eigenvalue weighted by molar-refractivity contribution is 5.80. The van der Waals surface area contributed by atoms with Gasteiger partial charge < -0.3 is 24.1 Å². The molecule has 1 N–H and O–H groups in total. The maximum atomic E-state index is 13.3. The first-order chi connectivity index (χ1) is 14.1. The zero-order valence-electron chi connectivity index (χ0n) is 16.8. The molecule has 156 valence electrons. The molecule has 5 rings (SSSR count). The van der Waals surface area contributed by atoms with Crippen LogP contribution in [0.2, 0.25) is 0 Å². The molecule has 29 heavy (non-hydrogen) atoms. The molecule has 0 bridgehead atoms. The number of morpholine rings is 1. The number of fused-ring (bicyclic) bond motifs is 2. The van der Waals surface area contributed by atoms with Crippen molar-refractivity contribution in [2.24, 2.45) is 11.8 Å². The molecule has 2 saturated heterocycles. The molecule has 2 aromatic rings. The summed E-state index contributed by atoms with van der Waals surface area (Å²) in [7, 11) is 0. The van der Waals surface area contributed by atoms with E-state index >= 15 is 0 Å². The van der Waals surface area contributed by atoms with E-state index < -0.39 is 0 Å². The van der Waals surface area contributed by atoms with Gasteiger partial charge in [0.2, 0.25) is 11.6 Å². The number of pyridine rings is 1. The van der Waals surface area contributed by atoms with Crippen LogP contribution in [0.4, 0.5) is 6.01 Å². The van der Waals surface area contributed by atoms with Crippen molar-refractivity contribution in [3.05, 3.63) is 17.8 Å². The molecule has 1 aliphatic carbocycles. The Morgan fingerprint density at radius 1 is 1.21 bits per heavy atom. The summed E-state index contributed by atoms with van der Waals surface area (Å²) in [5.74, 6) is 0.524. The topological polar surface area (TPSA) is 91.9 Å². The standard InChI is InChI=1S/C21H28N4O4/c1-13-2-3-17-19(22-13)23-21(29-17)24-6-4-15(5-7-24)20(27)25-8-9-28-18-11-14(12-26)10-16(18)25/h2-3,14-16,18,26H,4-12H2,1H3/t14-,16+,18?/m1/s1. The molecule has 1 amide bonds. The number of aryl methyl sites for hydroxylation is 1. The summed E-state index contributed by atoms with van der Waals surface area (Å²) in [6.07, 6.45) is 3.38. The van der Waals surface area contributed by atoms with E-state index in [1.54, 1.807) is 0 Å². The van der Waals surface area contributed by atoms with E-state index in [4.69, 9.17) is 9.15 Å². The predicted octanol–water partition coefficient (Wildman–Crippen LogP) is 1.75. The molecule has 1 unspecified atom stereocenters. The van der Waals surface area contributed by atoms with E-state index in [0.717, 1.165) is 44.5 Å². The van der Waals surface area contributed by atoms with Gasteiger partial charge in [0.15, 0.2) is 5.58 Å². The van der Waals surface area contributed by atoms with E-state index in [-0.39, 0.29) is 36.5 Å². The Labute approximate surface area is 169 Å². The van der Waals surface area contributed by atoms with Crippen molar-refractivity contribution in [2.75, 3.05) is 37.7 Å². The maximum absolute atomic E-state index is 13.3. The predicted molar refractivity (Wildman–Crippen MR) is 107 cm³/mol. The van der Waals surface area contributed by atoms with Crippen LogP contribution in [-0.4, -0.2) is 70.9 Å². The SMILES string of the molecule is Cc1ccc2oc(N3CCC(C(=O)N4CCOC5C[C@H](CO)C[C@@H]54)CC3)nc2n1. The second-order valence-corrected chi connectivity index (χ2v) is 8.56. The number of aliphatic hydroxyl groups is 1. The van der Waals surface area contributed by atoms with Crippen LogP contribution >= 0.6 is 0 Å². The lowest BCUT2D eigenvalue weighted by atomic mass is 9.94. The van der Waals surface area contributed by atoms with Crippen molar-refractivity contribution < 1.29 is 19.1 Å². The van der Waals surface area contributed by atoms with Gasteiger partial charge in [-0.25, -0.2) is 4.98 Å². The van der Waals surface area contributed by atoms with Crippen molar-refractivity contribution in [1.82, 2.24) is 14.9 Å². The van der Waals surface area contributed by atoms with Crippen molar-refractivity contribution >= 4 is 23.2 Å². The molecule has 4 heterocycles. The highest BCUT2D eigenvalue weighted by Gasteiger charge is 2.44. The first-order valence-corrected chi connectivity index (χ1v) is 10.6. The van der Waals surface area contributed by atoms with Crippen LogP contribution in [0.5, 0.6) is 0 Å². The summed E-state index contributed by atoms with van der Waals surface area (Å²) in [5, 5.41) is 9.51. The lowest BCUT2D eigenvalue weighted by Gasteiger charge is -2.41. The summed E-state index contributed by atoms with van der Waals surface area (Å²) < 4.78 is 11.7. The minimum absolute atomic E-state index is 0.0305. The second-order valence-electron chi connectivity index (χ2n) is 8.56. The van der Waals surface area contributed by atoms with Gasteiger partial charge in [-0.2, -0.15) is 4.98 Å². The number of aliphatic hydroxyl groups excluding tert-OH is 1. The number of aromatic nitrogens is 2. The molecule has 3 atom stereocenters. The molecule has 3 fully saturated rings. The fraction of sp³-hybridized carbons (Fsp3) is 0.667. The van der Waals surface area contributed by atoms with Gasteiger partial charge in [0, 0.05) is 37.9 Å². The average Bonchev–Trinajstić information content (AvgIpc) is 3.36. The lowest BCUT2D eigenvalue weighted by Crippen LogP contribution is -2.54. The van der Waals surface area contributed by atoms with Crippen LogP contribution in [0.3, 0.4) is 0 Å². The number of rotatable bonds is 3. The lowest BCUT2D eigenvalue weighted by molar-refractivity contribution is -0.149. The monoisotopic (exact) mass is 400 g/mol. The average molecular weight is 400 g/mol. The van der Waals surface area contributed by atoms with Crippen molar-refractivity contribution in [2.45, 2.75) is 44.8 Å². The number of oxazole rings is 1. The Bertz CT molecular complexity index is 892. The fourth-order valence-electron chi connectivity index (χ4n) is 5.06. The van der Waals surface area contributed by atoms with Gasteiger partial charge >= 0.3 is 0 Å². The Morgan fingerprint density at radius 2 is 2.03 bits per heavy atom. The third-order valence-electron chi connectivity index (χ3n) is 6.67. The van der Waals surface area contributed by atoms with Crippen molar-refractivity contribution in [3.63, 3.8) is 0 Å². The highest BCUT2D eigenvalue weighted by atomic mass is 16.5. The highest BCUT2D eigenvalue weighted by Crippen LogP contribution is 2.36. The first kappa shape index (κ1) is 18.8. The second kappa shape index (κ2) is 7.57. The molecule has 8 nitrogen and oxygen atoms in total. The quantitative estimate of drug-likeness (QED) is 0.839. The molecule has 3 aliphatic rings. The Kier molecular flexibility index (Phi) is 4.91. The van der Waals surface area contributed by atoms with Crippen LogP contribution in [0.1, 0.15) is 31.4 Å². The van der Waals surface area contributed by atoms with Gasteiger partial charge in [-0.3, -0.25) is 4.79 Å². The number of ether oxygens (including phenoxy) is 1. The third-order valence-corrected chi connectivity index (χ3v) is 6.67. The number of amides is 1. The number of nitrogens with zero attached hydrogens (tertiary/aromatic N) is 4. The Balaban J connectivity index is 1.23. The minimum atomic E-state index is 0.0305. The fourth-order valence-corrected chi connectivity index (χ4v) is 5.06. The molecule has 1 saturated carbocycles. The van der Waals surface area contributed by atoms with E-state index in [1.807, 2.05) is 24.0 Å². The van der Waals surface area contributed by atoms with Crippen molar-refractivity contribution in [3.8, 4) is 0 Å². The summed E-state index contributed by atoms with van der Waals surface area (Å²) >= 11 is 0. The van der Waals surface area contributed by atoms with Gasteiger partial charge in [-0.05, 0) is 50.7 Å². The van der Waals surface area contributed by atoms with Crippen LogP contribution in [0.25, 0.3) is 11.2 Å². The van der Waals surface area contributed by atoms with Crippen LogP contribution in [-0.2, 0) is 9.53 Å². The van der Waals surface area contributed by atoms with E-state index in [0.29, 0.717) is 30.4 Å². The number of piperidine rings is 1. The number of carbonyl (C=O) groups is 1. The van der Waals surface area contributed by atoms with Gasteiger partial charge in [0.1, 0.15) is 0 Å². The zero-order chi connectivity index (χ0) is 20.0. The summed E-state index contributed by atoms with van der Waals surface area (Å²) in [6, 6.07) is 4.54. The largest absolute Gasteiger partial charge is 0.422 e. The molecular weight excluding hydrogens is 372 g/mol. The van der Waals surface area contributed by atoms with E-state index in [1.165, 1.54) is 0 Å². The van der Waals surface area contributed by atoms with Gasteiger partial charge in [-0.15, -0.1) is 0 Å². The molecule has 8 heteroatoms.